The van der Waals surface area contributed by atoms with Crippen LogP contribution in [0.1, 0.15) is 11.3 Å². The van der Waals surface area contributed by atoms with E-state index < -0.39 is 0 Å². The van der Waals surface area contributed by atoms with Gasteiger partial charge in [0.15, 0.2) is 5.82 Å². The van der Waals surface area contributed by atoms with Gasteiger partial charge in [0, 0.05) is 11.8 Å². The van der Waals surface area contributed by atoms with Crippen molar-refractivity contribution in [1.29, 1.82) is 0 Å². The Kier molecular flexibility index (Phi) is 5.41. The zero-order valence-corrected chi connectivity index (χ0v) is 14.6. The van der Waals surface area contributed by atoms with Gasteiger partial charge in [-0.1, -0.05) is 43.0 Å². The summed E-state index contributed by atoms with van der Waals surface area (Å²) in [4.78, 5) is 8.49. The minimum absolute atomic E-state index is 0.204. The molecule has 0 radical (unpaired) electrons. The van der Waals surface area contributed by atoms with Crippen LogP contribution in [0.5, 0.6) is 0 Å². The Morgan fingerprint density at radius 2 is 2.04 bits per heavy atom. The summed E-state index contributed by atoms with van der Waals surface area (Å²) in [7, 11) is 0. The summed E-state index contributed by atoms with van der Waals surface area (Å²) < 4.78 is 15.7. The second kappa shape index (κ2) is 8.09. The van der Waals surface area contributed by atoms with Gasteiger partial charge < -0.3 is 11.5 Å². The smallest absolute Gasteiger partial charge is 0.179 e. The molecule has 2 aromatic heterocycles. The molecular weight excluding hydrogens is 343 g/mol. The molecule has 0 amide bonds. The number of aromatic nitrogens is 4. The van der Waals surface area contributed by atoms with Gasteiger partial charge >= 0.3 is 0 Å². The molecule has 0 aliphatic rings. The van der Waals surface area contributed by atoms with Crippen LogP contribution in [0.3, 0.4) is 0 Å². The molecule has 2 heterocycles. The first-order valence-electron chi connectivity index (χ1n) is 8.24. The van der Waals surface area contributed by atoms with Crippen LogP contribution in [0.25, 0.3) is 17.2 Å². The number of anilines is 1. The summed E-state index contributed by atoms with van der Waals surface area (Å²) in [5, 5.41) is 4.51. The summed E-state index contributed by atoms with van der Waals surface area (Å²) in [6, 6.07) is 9.87. The SMILES string of the molecule is C=C/C=C\C=C(/N)c1cc(-c2nccc(N)n2)n(Cc2ccccc2F)n1. The van der Waals surface area contributed by atoms with E-state index in [2.05, 4.69) is 21.6 Å². The molecule has 0 atom stereocenters. The maximum atomic E-state index is 14.1. The number of rotatable bonds is 6. The Morgan fingerprint density at radius 1 is 1.22 bits per heavy atom. The molecule has 0 spiro atoms. The lowest BCUT2D eigenvalue weighted by atomic mass is 10.2. The normalized spacial score (nSPS) is 11.8. The van der Waals surface area contributed by atoms with Crippen LogP contribution in [0, 0.1) is 5.82 Å². The van der Waals surface area contributed by atoms with E-state index in [4.69, 9.17) is 11.5 Å². The van der Waals surface area contributed by atoms with E-state index in [0.717, 1.165) is 0 Å². The third-order valence-corrected chi connectivity index (χ3v) is 3.78. The fourth-order valence-corrected chi connectivity index (χ4v) is 2.47. The van der Waals surface area contributed by atoms with Crippen LogP contribution in [-0.4, -0.2) is 19.7 Å². The number of allylic oxidation sites excluding steroid dienone is 4. The van der Waals surface area contributed by atoms with E-state index >= 15 is 0 Å². The average molecular weight is 362 g/mol. The Balaban J connectivity index is 2.06. The summed E-state index contributed by atoms with van der Waals surface area (Å²) >= 11 is 0. The monoisotopic (exact) mass is 362 g/mol. The largest absolute Gasteiger partial charge is 0.397 e. The van der Waals surface area contributed by atoms with E-state index in [1.165, 1.54) is 6.07 Å². The molecule has 7 heteroatoms. The second-order valence-electron chi connectivity index (χ2n) is 5.71. The summed E-state index contributed by atoms with van der Waals surface area (Å²) in [6.45, 7) is 3.82. The van der Waals surface area contributed by atoms with Crippen LogP contribution in [0.15, 0.2) is 73.5 Å². The minimum atomic E-state index is -0.313. The van der Waals surface area contributed by atoms with E-state index in [0.29, 0.717) is 34.3 Å². The third-order valence-electron chi connectivity index (χ3n) is 3.78. The van der Waals surface area contributed by atoms with Crippen molar-refractivity contribution < 1.29 is 4.39 Å². The Hall–Kier alpha value is -3.74. The first-order valence-corrected chi connectivity index (χ1v) is 8.24. The van der Waals surface area contributed by atoms with Gasteiger partial charge in [-0.3, -0.25) is 4.68 Å². The number of halogens is 1. The van der Waals surface area contributed by atoms with E-state index in [-0.39, 0.29) is 12.4 Å². The number of nitrogen functional groups attached to an aromatic ring is 1. The quantitative estimate of drug-likeness (QED) is 0.657. The van der Waals surface area contributed by atoms with Crippen molar-refractivity contribution >= 4 is 11.5 Å². The fraction of sp³-hybridized carbons (Fsp3) is 0.0500. The number of benzene rings is 1. The van der Waals surface area contributed by atoms with Gasteiger partial charge in [-0.05, 0) is 24.3 Å². The molecule has 0 unspecified atom stereocenters. The van der Waals surface area contributed by atoms with Crippen molar-refractivity contribution in [1.82, 2.24) is 19.7 Å². The molecule has 0 fully saturated rings. The summed E-state index contributed by atoms with van der Waals surface area (Å²) in [5.41, 5.74) is 13.9. The van der Waals surface area contributed by atoms with Gasteiger partial charge in [-0.2, -0.15) is 5.10 Å². The number of hydrogen-bond donors (Lipinski definition) is 2. The van der Waals surface area contributed by atoms with Crippen LogP contribution in [0.2, 0.25) is 0 Å². The summed E-state index contributed by atoms with van der Waals surface area (Å²) in [6.07, 6.45) is 8.43. The molecule has 4 N–H and O–H groups in total. The Bertz CT molecular complexity index is 1020. The molecule has 0 aliphatic heterocycles. The molecule has 1 aromatic carbocycles. The highest BCUT2D eigenvalue weighted by molar-refractivity contribution is 5.66. The van der Waals surface area contributed by atoms with E-state index in [1.54, 1.807) is 65.5 Å². The van der Waals surface area contributed by atoms with Gasteiger partial charge in [0.25, 0.3) is 0 Å². The van der Waals surface area contributed by atoms with Crippen molar-refractivity contribution in [2.45, 2.75) is 6.54 Å². The zero-order valence-electron chi connectivity index (χ0n) is 14.6. The van der Waals surface area contributed by atoms with Crippen molar-refractivity contribution in [3.63, 3.8) is 0 Å². The lowest BCUT2D eigenvalue weighted by molar-refractivity contribution is 0.586. The predicted molar refractivity (Wildman–Crippen MR) is 105 cm³/mol. The van der Waals surface area contributed by atoms with Crippen LogP contribution in [-0.2, 0) is 6.54 Å². The van der Waals surface area contributed by atoms with Crippen molar-refractivity contribution in [3.8, 4) is 11.5 Å². The molecule has 0 aliphatic carbocycles. The first kappa shape index (κ1) is 18.1. The number of nitrogens with two attached hydrogens (primary N) is 2. The maximum Gasteiger partial charge on any atom is 0.179 e. The molecular formula is C20H19FN6. The zero-order chi connectivity index (χ0) is 19.2. The second-order valence-corrected chi connectivity index (χ2v) is 5.71. The highest BCUT2D eigenvalue weighted by Crippen LogP contribution is 2.22. The highest BCUT2D eigenvalue weighted by atomic mass is 19.1. The first-order chi connectivity index (χ1) is 13.1. The Morgan fingerprint density at radius 3 is 2.78 bits per heavy atom. The number of nitrogens with zero attached hydrogens (tertiary/aromatic N) is 4. The molecule has 3 aromatic rings. The van der Waals surface area contributed by atoms with Gasteiger partial charge in [0.2, 0.25) is 0 Å². The maximum absolute atomic E-state index is 14.1. The van der Waals surface area contributed by atoms with Gasteiger partial charge in [-0.25, -0.2) is 14.4 Å². The topological polar surface area (TPSA) is 95.6 Å². The predicted octanol–water partition coefficient (Wildman–Crippen LogP) is 3.15. The van der Waals surface area contributed by atoms with Crippen LogP contribution < -0.4 is 11.5 Å². The number of hydrogen-bond acceptors (Lipinski definition) is 5. The van der Waals surface area contributed by atoms with E-state index in [9.17, 15) is 4.39 Å². The molecule has 136 valence electrons. The van der Waals surface area contributed by atoms with Gasteiger partial charge in [0.1, 0.15) is 23.0 Å². The van der Waals surface area contributed by atoms with Crippen molar-refractivity contribution in [2.24, 2.45) is 5.73 Å². The van der Waals surface area contributed by atoms with Crippen LogP contribution in [0.4, 0.5) is 10.2 Å². The molecule has 0 saturated heterocycles. The lowest BCUT2D eigenvalue weighted by Gasteiger charge is -2.07. The molecule has 0 saturated carbocycles. The molecule has 3 rings (SSSR count). The highest BCUT2D eigenvalue weighted by Gasteiger charge is 2.15. The fourth-order valence-electron chi connectivity index (χ4n) is 2.47. The van der Waals surface area contributed by atoms with Crippen molar-refractivity contribution in [3.05, 3.63) is 90.6 Å². The third kappa shape index (κ3) is 4.27. The van der Waals surface area contributed by atoms with Gasteiger partial charge in [-0.15, -0.1) is 0 Å². The summed E-state index contributed by atoms with van der Waals surface area (Å²) in [5.74, 6) is 0.406. The lowest BCUT2D eigenvalue weighted by Crippen LogP contribution is -2.08. The minimum Gasteiger partial charge on any atom is -0.397 e. The standard InChI is InChI=1S/C20H19FN6/c1-2-3-4-9-16(22)17-12-18(20-24-11-10-19(23)25-20)27(26-17)13-14-7-5-6-8-15(14)21/h2-12H,1,13,22H2,(H2,23,24,25)/b4-3-,16-9-. The van der Waals surface area contributed by atoms with Crippen LogP contribution >= 0.6 is 0 Å². The Labute approximate surface area is 156 Å². The molecule has 6 nitrogen and oxygen atoms in total. The van der Waals surface area contributed by atoms with Gasteiger partial charge in [0.05, 0.1) is 12.2 Å². The molecule has 27 heavy (non-hydrogen) atoms. The average Bonchev–Trinajstić information content (AvgIpc) is 3.08. The van der Waals surface area contributed by atoms with E-state index in [1.807, 2.05) is 0 Å². The molecule has 0 bridgehead atoms. The van der Waals surface area contributed by atoms with Crippen molar-refractivity contribution in [2.75, 3.05) is 5.73 Å².